The summed E-state index contributed by atoms with van der Waals surface area (Å²) in [4.78, 5) is 5.53. The van der Waals surface area contributed by atoms with Crippen molar-refractivity contribution < 1.29 is 23.0 Å². The quantitative estimate of drug-likeness (QED) is 0.171. The summed E-state index contributed by atoms with van der Waals surface area (Å²) in [7, 11) is -3.64. The fraction of sp³-hybridized carbons (Fsp3) is 0.415. The molecule has 3 aliphatic heterocycles. The van der Waals surface area contributed by atoms with Crippen molar-refractivity contribution in [1.82, 2.24) is 14.5 Å². The highest BCUT2D eigenvalue weighted by atomic mass is 32.2. The lowest BCUT2D eigenvalue weighted by molar-refractivity contribution is -0.276. The van der Waals surface area contributed by atoms with Crippen molar-refractivity contribution in [3.63, 3.8) is 0 Å². The highest BCUT2D eigenvalue weighted by Gasteiger charge is 2.41. The van der Waals surface area contributed by atoms with Crippen LogP contribution in [0.2, 0.25) is 0 Å². The molecule has 5 atom stereocenters. The molecule has 0 amide bonds. The third-order valence-electron chi connectivity index (χ3n) is 10.7. The summed E-state index contributed by atoms with van der Waals surface area (Å²) >= 11 is 0. The summed E-state index contributed by atoms with van der Waals surface area (Å²) in [6, 6.07) is 33.2. The van der Waals surface area contributed by atoms with Gasteiger partial charge in [0.05, 0.1) is 23.7 Å². The Morgan fingerprint density at radius 3 is 2.22 bits per heavy atom. The van der Waals surface area contributed by atoms with Gasteiger partial charge in [0.1, 0.15) is 0 Å². The van der Waals surface area contributed by atoms with Crippen molar-refractivity contribution in [2.24, 2.45) is 5.92 Å². The van der Waals surface area contributed by atoms with Gasteiger partial charge in [-0.1, -0.05) is 97.9 Å². The SMILES string of the molecule is C[C@H]1[C@@H](CN2CCC[C@H]2CN2CCCC2)O[C@@H](c2ccc(-c3ccccc3CNS(=O)(=O)c3ccccc3)cc2)O[C@H]1c1ccc(CO)cc1. The van der Waals surface area contributed by atoms with Crippen LogP contribution < -0.4 is 4.72 Å². The second kappa shape index (κ2) is 15.9. The van der Waals surface area contributed by atoms with Gasteiger partial charge >= 0.3 is 0 Å². The molecule has 2 N–H and O–H groups in total. The molecule has 3 heterocycles. The lowest BCUT2D eigenvalue weighted by Crippen LogP contribution is -2.48. The molecule has 0 unspecified atom stereocenters. The first-order chi connectivity index (χ1) is 24.4. The third-order valence-corrected chi connectivity index (χ3v) is 12.1. The summed E-state index contributed by atoms with van der Waals surface area (Å²) in [5.41, 5.74) is 5.76. The molecule has 264 valence electrons. The second-order valence-corrected chi connectivity index (χ2v) is 15.8. The summed E-state index contributed by atoms with van der Waals surface area (Å²) in [5, 5.41) is 9.65. The molecule has 4 aromatic rings. The van der Waals surface area contributed by atoms with Crippen LogP contribution in [0.5, 0.6) is 0 Å². The second-order valence-electron chi connectivity index (χ2n) is 14.0. The van der Waals surface area contributed by atoms with Crippen molar-refractivity contribution >= 4 is 10.0 Å². The predicted octanol–water partition coefficient (Wildman–Crippen LogP) is 6.68. The molecule has 8 nitrogen and oxygen atoms in total. The van der Waals surface area contributed by atoms with E-state index in [0.29, 0.717) is 6.04 Å². The molecule has 0 spiro atoms. The Hall–Kier alpha value is -3.41. The van der Waals surface area contributed by atoms with Crippen LogP contribution in [0.4, 0.5) is 0 Å². The molecule has 3 fully saturated rings. The van der Waals surface area contributed by atoms with Gasteiger partial charge in [-0.2, -0.15) is 0 Å². The Morgan fingerprint density at radius 1 is 0.780 bits per heavy atom. The largest absolute Gasteiger partial charge is 0.392 e. The van der Waals surface area contributed by atoms with Gasteiger partial charge in [0, 0.05) is 37.2 Å². The van der Waals surface area contributed by atoms with E-state index in [0.717, 1.165) is 53.0 Å². The van der Waals surface area contributed by atoms with Gasteiger partial charge in [0.2, 0.25) is 10.0 Å². The van der Waals surface area contributed by atoms with Crippen molar-refractivity contribution in [2.45, 2.75) is 75.2 Å². The number of nitrogens with one attached hydrogen (secondary N) is 1. The van der Waals surface area contributed by atoms with Gasteiger partial charge in [0.15, 0.2) is 6.29 Å². The van der Waals surface area contributed by atoms with E-state index >= 15 is 0 Å². The standard InChI is InChI=1S/C41H49N3O5S/c1-30-39(28-44-25-9-11-36(44)27-43-23-7-8-24-43)48-41(49-40(30)33-17-15-31(29-45)16-18-33)34-21-19-32(20-22-34)38-14-6-5-10-35(38)26-42-50(46,47)37-12-3-2-4-13-37/h2-6,10,12-22,30,36,39-42,45H,7-9,11,23-29H2,1H3/t30-,36-,39+,40+,41+/m0/s1. The predicted molar refractivity (Wildman–Crippen MR) is 196 cm³/mol. The van der Waals surface area contributed by atoms with Gasteiger partial charge < -0.3 is 19.5 Å². The number of sulfonamides is 1. The summed E-state index contributed by atoms with van der Waals surface area (Å²) < 4.78 is 42.3. The number of aliphatic hydroxyl groups excluding tert-OH is 1. The van der Waals surface area contributed by atoms with Gasteiger partial charge in [-0.3, -0.25) is 4.90 Å². The maximum Gasteiger partial charge on any atom is 0.240 e. The molecule has 0 bridgehead atoms. The minimum atomic E-state index is -3.64. The smallest absolute Gasteiger partial charge is 0.240 e. The van der Waals surface area contributed by atoms with Crippen LogP contribution in [0.3, 0.4) is 0 Å². The summed E-state index contributed by atoms with van der Waals surface area (Å²) in [6.45, 7) is 7.97. The number of hydrogen-bond donors (Lipinski definition) is 2. The number of ether oxygens (including phenoxy) is 2. The number of likely N-dealkylation sites (tertiary alicyclic amines) is 2. The Bertz CT molecular complexity index is 1800. The maximum atomic E-state index is 12.9. The molecular weight excluding hydrogens is 647 g/mol. The highest BCUT2D eigenvalue weighted by Crippen LogP contribution is 2.43. The lowest BCUT2D eigenvalue weighted by Gasteiger charge is -2.43. The number of hydrogen-bond acceptors (Lipinski definition) is 7. The van der Waals surface area contributed by atoms with Crippen molar-refractivity contribution in [2.75, 3.05) is 32.7 Å². The van der Waals surface area contributed by atoms with Crippen LogP contribution in [0, 0.1) is 5.92 Å². The summed E-state index contributed by atoms with van der Waals surface area (Å²) in [5.74, 6) is 0.130. The van der Waals surface area contributed by atoms with Crippen LogP contribution >= 0.6 is 0 Å². The van der Waals surface area contributed by atoms with E-state index in [1.54, 1.807) is 30.3 Å². The van der Waals surface area contributed by atoms with Gasteiger partial charge in [-0.05, 0) is 85.3 Å². The van der Waals surface area contributed by atoms with Crippen molar-refractivity contribution in [3.8, 4) is 11.1 Å². The van der Waals surface area contributed by atoms with E-state index in [1.807, 2.05) is 36.4 Å². The average Bonchev–Trinajstić information content (AvgIpc) is 3.84. The molecule has 7 rings (SSSR count). The topological polar surface area (TPSA) is 91.3 Å². The molecular formula is C41H49N3O5S. The van der Waals surface area contributed by atoms with E-state index < -0.39 is 16.3 Å². The summed E-state index contributed by atoms with van der Waals surface area (Å²) in [6.07, 6.45) is 4.35. The van der Waals surface area contributed by atoms with Crippen LogP contribution in [0.25, 0.3) is 11.1 Å². The van der Waals surface area contributed by atoms with E-state index in [-0.39, 0.29) is 36.2 Å². The van der Waals surface area contributed by atoms with Crippen LogP contribution in [-0.4, -0.2) is 68.2 Å². The highest BCUT2D eigenvalue weighted by molar-refractivity contribution is 7.89. The Labute approximate surface area is 297 Å². The van der Waals surface area contributed by atoms with Gasteiger partial charge in [-0.15, -0.1) is 0 Å². The number of rotatable bonds is 12. The van der Waals surface area contributed by atoms with E-state index in [4.69, 9.17) is 9.47 Å². The monoisotopic (exact) mass is 695 g/mol. The maximum absolute atomic E-state index is 12.9. The molecule has 50 heavy (non-hydrogen) atoms. The fourth-order valence-corrected chi connectivity index (χ4v) is 8.82. The normalized spacial score (nSPS) is 24.9. The minimum Gasteiger partial charge on any atom is -0.392 e. The zero-order valence-electron chi connectivity index (χ0n) is 28.9. The van der Waals surface area contributed by atoms with Crippen LogP contribution in [0.15, 0.2) is 108 Å². The van der Waals surface area contributed by atoms with Crippen LogP contribution in [0.1, 0.15) is 67.3 Å². The van der Waals surface area contributed by atoms with Crippen molar-refractivity contribution in [3.05, 3.63) is 125 Å². The molecule has 9 heteroatoms. The first kappa shape index (κ1) is 35.0. The zero-order chi connectivity index (χ0) is 34.5. The first-order valence-electron chi connectivity index (χ1n) is 18.1. The number of nitrogens with zero attached hydrogens (tertiary/aromatic N) is 2. The fourth-order valence-electron chi connectivity index (χ4n) is 7.80. The molecule has 0 radical (unpaired) electrons. The van der Waals surface area contributed by atoms with Crippen molar-refractivity contribution in [1.29, 1.82) is 0 Å². The zero-order valence-corrected chi connectivity index (χ0v) is 29.7. The molecule has 3 saturated heterocycles. The Balaban J connectivity index is 1.10. The number of aliphatic hydroxyl groups is 1. The minimum absolute atomic E-state index is 0.0114. The van der Waals surface area contributed by atoms with E-state index in [1.165, 1.54) is 38.8 Å². The van der Waals surface area contributed by atoms with Crippen LogP contribution in [-0.2, 0) is 32.6 Å². The first-order valence-corrected chi connectivity index (χ1v) is 19.6. The Morgan fingerprint density at radius 2 is 1.48 bits per heavy atom. The van der Waals surface area contributed by atoms with Gasteiger partial charge in [-0.25, -0.2) is 13.1 Å². The van der Waals surface area contributed by atoms with Gasteiger partial charge in [0.25, 0.3) is 0 Å². The molecule has 0 saturated carbocycles. The van der Waals surface area contributed by atoms with E-state index in [9.17, 15) is 13.5 Å². The number of benzene rings is 4. The average molecular weight is 696 g/mol. The van der Waals surface area contributed by atoms with E-state index in [2.05, 4.69) is 57.8 Å². The lowest BCUT2D eigenvalue weighted by atomic mass is 9.89. The molecule has 4 aromatic carbocycles. The molecule has 3 aliphatic rings. The third kappa shape index (κ3) is 8.05. The molecule has 0 aliphatic carbocycles. The molecule has 0 aromatic heterocycles. The Kier molecular flexibility index (Phi) is 11.1.